The van der Waals surface area contributed by atoms with Gasteiger partial charge in [-0.15, -0.1) is 0 Å². The van der Waals surface area contributed by atoms with E-state index in [2.05, 4.69) is 29.2 Å². The van der Waals surface area contributed by atoms with E-state index < -0.39 is 0 Å². The number of nitrogens with zero attached hydrogens (tertiary/aromatic N) is 1. The predicted molar refractivity (Wildman–Crippen MR) is 53.9 cm³/mol. The van der Waals surface area contributed by atoms with E-state index in [9.17, 15) is 0 Å². The van der Waals surface area contributed by atoms with Gasteiger partial charge in [-0.05, 0) is 25.0 Å². The summed E-state index contributed by atoms with van der Waals surface area (Å²) in [6, 6.07) is 11.0. The van der Waals surface area contributed by atoms with Crippen molar-refractivity contribution in [3.63, 3.8) is 0 Å². The van der Waals surface area contributed by atoms with Gasteiger partial charge in [0.2, 0.25) is 0 Å². The third-order valence-corrected chi connectivity index (χ3v) is 2.69. The summed E-state index contributed by atoms with van der Waals surface area (Å²) in [4.78, 5) is 2.36. The van der Waals surface area contributed by atoms with E-state index >= 15 is 0 Å². The van der Waals surface area contributed by atoms with E-state index in [1.165, 1.54) is 12.1 Å². The van der Waals surface area contributed by atoms with Crippen LogP contribution in [0.3, 0.4) is 0 Å². The van der Waals surface area contributed by atoms with Crippen LogP contribution in [-0.2, 0) is 0 Å². The maximum Gasteiger partial charge on any atom is 0.0450 e. The minimum Gasteiger partial charge on any atom is -0.396 e. The summed E-state index contributed by atoms with van der Waals surface area (Å²) in [6.45, 7) is 1.43. The molecule has 1 aromatic rings. The smallest absolute Gasteiger partial charge is 0.0450 e. The monoisotopic (exact) mass is 177 g/mol. The minimum atomic E-state index is 0.300. The fourth-order valence-corrected chi connectivity index (χ4v) is 1.85. The van der Waals surface area contributed by atoms with Crippen LogP contribution in [0, 0.1) is 0 Å². The highest BCUT2D eigenvalue weighted by Gasteiger charge is 2.26. The summed E-state index contributed by atoms with van der Waals surface area (Å²) in [5.41, 5.74) is 1.28. The molecule has 0 aromatic heterocycles. The number of para-hydroxylation sites is 1. The van der Waals surface area contributed by atoms with Gasteiger partial charge >= 0.3 is 0 Å². The summed E-state index contributed by atoms with van der Waals surface area (Å²) in [5, 5.41) is 8.84. The molecule has 1 unspecified atom stereocenters. The first-order chi connectivity index (χ1) is 6.42. The standard InChI is InChI=1S/C11H15NO/c13-9-7-11-6-8-12(11)10-4-2-1-3-5-10/h1-5,11,13H,6-9H2. The molecule has 0 saturated carbocycles. The number of rotatable bonds is 3. The number of benzene rings is 1. The Kier molecular flexibility index (Phi) is 2.50. The molecule has 1 heterocycles. The van der Waals surface area contributed by atoms with E-state index in [0.717, 1.165) is 13.0 Å². The van der Waals surface area contributed by atoms with Crippen LogP contribution in [0.2, 0.25) is 0 Å². The highest BCUT2D eigenvalue weighted by molar-refractivity contribution is 5.49. The van der Waals surface area contributed by atoms with Gasteiger partial charge in [0, 0.05) is 24.9 Å². The van der Waals surface area contributed by atoms with E-state index in [1.807, 2.05) is 6.07 Å². The topological polar surface area (TPSA) is 23.5 Å². The van der Waals surface area contributed by atoms with Crippen molar-refractivity contribution in [2.24, 2.45) is 0 Å². The first-order valence-corrected chi connectivity index (χ1v) is 4.84. The van der Waals surface area contributed by atoms with Crippen LogP contribution in [0.4, 0.5) is 5.69 Å². The average molecular weight is 177 g/mol. The molecule has 1 saturated heterocycles. The van der Waals surface area contributed by atoms with Crippen LogP contribution in [0.25, 0.3) is 0 Å². The molecule has 1 fully saturated rings. The maximum absolute atomic E-state index is 8.84. The summed E-state index contributed by atoms with van der Waals surface area (Å²) >= 11 is 0. The van der Waals surface area contributed by atoms with Crippen molar-refractivity contribution >= 4 is 5.69 Å². The van der Waals surface area contributed by atoms with Crippen molar-refractivity contribution in [2.75, 3.05) is 18.1 Å². The fourth-order valence-electron chi connectivity index (χ4n) is 1.85. The van der Waals surface area contributed by atoms with E-state index in [4.69, 9.17) is 5.11 Å². The van der Waals surface area contributed by atoms with Crippen molar-refractivity contribution in [3.05, 3.63) is 30.3 Å². The van der Waals surface area contributed by atoms with Gasteiger partial charge in [0.25, 0.3) is 0 Å². The second-order valence-electron chi connectivity index (χ2n) is 3.48. The molecule has 0 bridgehead atoms. The molecule has 13 heavy (non-hydrogen) atoms. The number of aliphatic hydroxyl groups is 1. The van der Waals surface area contributed by atoms with Gasteiger partial charge in [-0.25, -0.2) is 0 Å². The zero-order valence-corrected chi connectivity index (χ0v) is 7.69. The van der Waals surface area contributed by atoms with Gasteiger partial charge in [0.05, 0.1) is 0 Å². The summed E-state index contributed by atoms with van der Waals surface area (Å²) in [7, 11) is 0. The molecule has 0 radical (unpaired) electrons. The highest BCUT2D eigenvalue weighted by Crippen LogP contribution is 2.27. The Hall–Kier alpha value is -1.02. The van der Waals surface area contributed by atoms with Gasteiger partial charge in [-0.1, -0.05) is 18.2 Å². The number of aliphatic hydroxyl groups excluding tert-OH is 1. The van der Waals surface area contributed by atoms with Gasteiger partial charge in [-0.2, -0.15) is 0 Å². The molecule has 1 atom stereocenters. The molecule has 1 N–H and O–H groups in total. The lowest BCUT2D eigenvalue weighted by atomic mass is 9.99. The molecule has 2 nitrogen and oxygen atoms in total. The lowest BCUT2D eigenvalue weighted by Gasteiger charge is -2.42. The number of hydrogen-bond acceptors (Lipinski definition) is 2. The largest absolute Gasteiger partial charge is 0.396 e. The summed E-state index contributed by atoms with van der Waals surface area (Å²) in [6.07, 6.45) is 2.12. The molecular formula is C11H15NO. The van der Waals surface area contributed by atoms with Crippen molar-refractivity contribution in [1.82, 2.24) is 0 Å². The van der Waals surface area contributed by atoms with Crippen LogP contribution in [0.1, 0.15) is 12.8 Å². The first-order valence-electron chi connectivity index (χ1n) is 4.84. The Balaban J connectivity index is 2.02. The molecule has 2 heteroatoms. The van der Waals surface area contributed by atoms with E-state index in [0.29, 0.717) is 12.6 Å². The fraction of sp³-hybridized carbons (Fsp3) is 0.455. The quantitative estimate of drug-likeness (QED) is 0.758. The third-order valence-electron chi connectivity index (χ3n) is 2.69. The van der Waals surface area contributed by atoms with Crippen LogP contribution in [0.15, 0.2) is 30.3 Å². The zero-order valence-electron chi connectivity index (χ0n) is 7.69. The number of anilines is 1. The predicted octanol–water partition coefficient (Wildman–Crippen LogP) is 1.65. The molecule has 70 valence electrons. The third kappa shape index (κ3) is 1.68. The number of hydrogen-bond donors (Lipinski definition) is 1. The second-order valence-corrected chi connectivity index (χ2v) is 3.48. The van der Waals surface area contributed by atoms with Crippen LogP contribution >= 0.6 is 0 Å². The van der Waals surface area contributed by atoms with Crippen LogP contribution < -0.4 is 4.90 Å². The molecule has 2 rings (SSSR count). The average Bonchev–Trinajstić information content (AvgIpc) is 2.14. The van der Waals surface area contributed by atoms with Crippen molar-refractivity contribution in [1.29, 1.82) is 0 Å². The highest BCUT2D eigenvalue weighted by atomic mass is 16.3. The lowest BCUT2D eigenvalue weighted by Crippen LogP contribution is -2.48. The Morgan fingerprint density at radius 1 is 1.31 bits per heavy atom. The molecule has 0 spiro atoms. The van der Waals surface area contributed by atoms with Crippen molar-refractivity contribution < 1.29 is 5.11 Å². The van der Waals surface area contributed by atoms with Crippen molar-refractivity contribution in [3.8, 4) is 0 Å². The van der Waals surface area contributed by atoms with Crippen LogP contribution in [-0.4, -0.2) is 24.3 Å². The Morgan fingerprint density at radius 3 is 2.62 bits per heavy atom. The second kappa shape index (κ2) is 3.79. The molecule has 1 aliphatic rings. The molecule has 1 aromatic carbocycles. The SMILES string of the molecule is OCCC1CCN1c1ccccc1. The Bertz CT molecular complexity index is 260. The van der Waals surface area contributed by atoms with Gasteiger partial charge in [0.1, 0.15) is 0 Å². The molecule has 0 aliphatic carbocycles. The van der Waals surface area contributed by atoms with Crippen LogP contribution in [0.5, 0.6) is 0 Å². The zero-order chi connectivity index (χ0) is 9.10. The molecule has 1 aliphatic heterocycles. The van der Waals surface area contributed by atoms with Crippen molar-refractivity contribution in [2.45, 2.75) is 18.9 Å². The van der Waals surface area contributed by atoms with Gasteiger partial charge in [-0.3, -0.25) is 0 Å². The Labute approximate surface area is 78.8 Å². The van der Waals surface area contributed by atoms with E-state index in [-0.39, 0.29) is 0 Å². The molecular weight excluding hydrogens is 162 g/mol. The lowest BCUT2D eigenvalue weighted by molar-refractivity contribution is 0.255. The van der Waals surface area contributed by atoms with Gasteiger partial charge in [0.15, 0.2) is 0 Å². The normalized spacial score (nSPS) is 21.3. The first kappa shape index (κ1) is 8.57. The summed E-state index contributed by atoms with van der Waals surface area (Å²) < 4.78 is 0. The van der Waals surface area contributed by atoms with Gasteiger partial charge < -0.3 is 10.0 Å². The van der Waals surface area contributed by atoms with E-state index in [1.54, 1.807) is 0 Å². The Morgan fingerprint density at radius 2 is 2.08 bits per heavy atom. The molecule has 0 amide bonds. The maximum atomic E-state index is 8.84. The summed E-state index contributed by atoms with van der Waals surface area (Å²) in [5.74, 6) is 0. The minimum absolute atomic E-state index is 0.300.